The van der Waals surface area contributed by atoms with Gasteiger partial charge in [-0.2, -0.15) is 0 Å². The van der Waals surface area contributed by atoms with E-state index in [4.69, 9.17) is 4.74 Å². The first-order chi connectivity index (χ1) is 7.13. The number of benzene rings is 1. The highest BCUT2D eigenvalue weighted by atomic mass is 79.9. The Bertz CT molecular complexity index is 352. The molecule has 0 spiro atoms. The Labute approximate surface area is 107 Å². The first-order valence-electron chi connectivity index (χ1n) is 4.50. The summed E-state index contributed by atoms with van der Waals surface area (Å²) in [6.45, 7) is 5.34. The van der Waals surface area contributed by atoms with Gasteiger partial charge in [0.25, 0.3) is 0 Å². The molecule has 82 valence electrons. The van der Waals surface area contributed by atoms with Gasteiger partial charge >= 0.3 is 0 Å². The zero-order valence-electron chi connectivity index (χ0n) is 8.52. The Morgan fingerprint density at radius 3 is 2.80 bits per heavy atom. The van der Waals surface area contributed by atoms with Crippen LogP contribution in [0.5, 0.6) is 5.75 Å². The number of halogens is 2. The van der Waals surface area contributed by atoms with Gasteiger partial charge in [-0.25, -0.2) is 0 Å². The predicted molar refractivity (Wildman–Crippen MR) is 70.5 cm³/mol. The molecule has 1 rings (SSSR count). The standard InChI is InChI=1S/C11H13Br2NO/c1-8(12)6-14-7-9-3-4-11(15-2)10(13)5-9/h3-5,14H,1,6-7H2,2H3. The van der Waals surface area contributed by atoms with Gasteiger partial charge in [0.15, 0.2) is 0 Å². The zero-order chi connectivity index (χ0) is 11.3. The van der Waals surface area contributed by atoms with Crippen molar-refractivity contribution in [1.82, 2.24) is 5.32 Å². The van der Waals surface area contributed by atoms with Crippen LogP contribution >= 0.6 is 31.9 Å². The summed E-state index contributed by atoms with van der Waals surface area (Å²) < 4.78 is 7.08. The van der Waals surface area contributed by atoms with Crippen LogP contribution in [0, 0.1) is 0 Å². The van der Waals surface area contributed by atoms with Crippen molar-refractivity contribution < 1.29 is 4.74 Å². The Hall–Kier alpha value is -0.320. The molecule has 0 aromatic heterocycles. The first kappa shape index (κ1) is 12.7. The number of rotatable bonds is 5. The molecule has 0 aliphatic heterocycles. The second-order valence-electron chi connectivity index (χ2n) is 3.09. The molecule has 0 radical (unpaired) electrons. The Morgan fingerprint density at radius 1 is 1.53 bits per heavy atom. The average Bonchev–Trinajstić information content (AvgIpc) is 2.17. The molecule has 1 aromatic carbocycles. The van der Waals surface area contributed by atoms with E-state index in [0.29, 0.717) is 0 Å². The summed E-state index contributed by atoms with van der Waals surface area (Å²) in [6, 6.07) is 6.03. The topological polar surface area (TPSA) is 21.3 Å². The number of hydrogen-bond acceptors (Lipinski definition) is 2. The molecule has 0 atom stereocenters. The van der Waals surface area contributed by atoms with Gasteiger partial charge in [-0.05, 0) is 33.6 Å². The highest BCUT2D eigenvalue weighted by Crippen LogP contribution is 2.25. The minimum Gasteiger partial charge on any atom is -0.496 e. The third-order valence-electron chi connectivity index (χ3n) is 1.86. The smallest absolute Gasteiger partial charge is 0.133 e. The molecule has 0 saturated heterocycles. The normalized spacial score (nSPS) is 10.1. The van der Waals surface area contributed by atoms with Gasteiger partial charge in [-0.3, -0.25) is 0 Å². The van der Waals surface area contributed by atoms with Gasteiger partial charge in [0.1, 0.15) is 5.75 Å². The summed E-state index contributed by atoms with van der Waals surface area (Å²) in [5, 5.41) is 3.26. The van der Waals surface area contributed by atoms with Crippen LogP contribution in [-0.2, 0) is 6.54 Å². The van der Waals surface area contributed by atoms with E-state index >= 15 is 0 Å². The van der Waals surface area contributed by atoms with Crippen LogP contribution < -0.4 is 10.1 Å². The molecule has 0 aliphatic carbocycles. The van der Waals surface area contributed by atoms with E-state index in [0.717, 1.165) is 27.8 Å². The number of ether oxygens (including phenoxy) is 1. The van der Waals surface area contributed by atoms with E-state index in [9.17, 15) is 0 Å². The number of hydrogen-bond donors (Lipinski definition) is 1. The molecule has 0 unspecified atom stereocenters. The monoisotopic (exact) mass is 333 g/mol. The van der Waals surface area contributed by atoms with Gasteiger partial charge in [0.05, 0.1) is 11.6 Å². The fourth-order valence-corrected chi connectivity index (χ4v) is 1.95. The lowest BCUT2D eigenvalue weighted by Crippen LogP contribution is -2.14. The Balaban J connectivity index is 2.55. The zero-order valence-corrected chi connectivity index (χ0v) is 11.7. The maximum atomic E-state index is 5.15. The number of methoxy groups -OCH3 is 1. The molecule has 0 bridgehead atoms. The van der Waals surface area contributed by atoms with E-state index in [2.05, 4.69) is 43.8 Å². The summed E-state index contributed by atoms with van der Waals surface area (Å²) in [4.78, 5) is 0. The van der Waals surface area contributed by atoms with Crippen LogP contribution in [0.1, 0.15) is 5.56 Å². The van der Waals surface area contributed by atoms with Crippen LogP contribution in [0.15, 0.2) is 33.7 Å². The fourth-order valence-electron chi connectivity index (χ4n) is 1.16. The first-order valence-corrected chi connectivity index (χ1v) is 6.08. The van der Waals surface area contributed by atoms with Crippen molar-refractivity contribution in [3.05, 3.63) is 39.3 Å². The lowest BCUT2D eigenvalue weighted by molar-refractivity contribution is 0.412. The molecule has 0 aliphatic rings. The molecule has 0 amide bonds. The van der Waals surface area contributed by atoms with Gasteiger partial charge in [0.2, 0.25) is 0 Å². The highest BCUT2D eigenvalue weighted by Gasteiger charge is 2.00. The van der Waals surface area contributed by atoms with Gasteiger partial charge < -0.3 is 10.1 Å². The van der Waals surface area contributed by atoms with Crippen molar-refractivity contribution in [2.24, 2.45) is 0 Å². The van der Waals surface area contributed by atoms with Gasteiger partial charge in [-0.1, -0.05) is 28.6 Å². The molecular formula is C11H13Br2NO. The van der Waals surface area contributed by atoms with Crippen molar-refractivity contribution in [2.45, 2.75) is 6.54 Å². The maximum absolute atomic E-state index is 5.15. The average molecular weight is 335 g/mol. The summed E-state index contributed by atoms with van der Waals surface area (Å²) in [6.07, 6.45) is 0. The third kappa shape index (κ3) is 4.36. The molecule has 1 N–H and O–H groups in total. The minimum atomic E-state index is 0.768. The van der Waals surface area contributed by atoms with Crippen molar-refractivity contribution in [3.63, 3.8) is 0 Å². The highest BCUT2D eigenvalue weighted by molar-refractivity contribution is 9.11. The molecule has 0 saturated carbocycles. The van der Waals surface area contributed by atoms with Crippen LogP contribution in [0.4, 0.5) is 0 Å². The quantitative estimate of drug-likeness (QED) is 0.890. The molecule has 15 heavy (non-hydrogen) atoms. The van der Waals surface area contributed by atoms with Crippen LogP contribution in [0.3, 0.4) is 0 Å². The second kappa shape index (κ2) is 6.30. The van der Waals surface area contributed by atoms with E-state index in [-0.39, 0.29) is 0 Å². The third-order valence-corrected chi connectivity index (χ3v) is 2.76. The van der Waals surface area contributed by atoms with Gasteiger partial charge in [0, 0.05) is 17.6 Å². The lowest BCUT2D eigenvalue weighted by atomic mass is 10.2. The van der Waals surface area contributed by atoms with E-state index in [1.54, 1.807) is 7.11 Å². The molecule has 0 fully saturated rings. The van der Waals surface area contributed by atoms with E-state index in [1.807, 2.05) is 18.2 Å². The fraction of sp³-hybridized carbons (Fsp3) is 0.273. The Kier molecular flexibility index (Phi) is 5.36. The van der Waals surface area contributed by atoms with E-state index < -0.39 is 0 Å². The van der Waals surface area contributed by atoms with Crippen molar-refractivity contribution in [2.75, 3.05) is 13.7 Å². The molecule has 2 nitrogen and oxygen atoms in total. The predicted octanol–water partition coefficient (Wildman–Crippen LogP) is 3.46. The van der Waals surface area contributed by atoms with Crippen LogP contribution in [0.2, 0.25) is 0 Å². The van der Waals surface area contributed by atoms with Crippen molar-refractivity contribution in [1.29, 1.82) is 0 Å². The largest absolute Gasteiger partial charge is 0.496 e. The summed E-state index contributed by atoms with van der Waals surface area (Å²) >= 11 is 6.75. The minimum absolute atomic E-state index is 0.768. The van der Waals surface area contributed by atoms with E-state index in [1.165, 1.54) is 5.56 Å². The molecule has 1 aromatic rings. The Morgan fingerprint density at radius 2 is 2.27 bits per heavy atom. The van der Waals surface area contributed by atoms with Gasteiger partial charge in [-0.15, -0.1) is 0 Å². The van der Waals surface area contributed by atoms with Crippen LogP contribution in [0.25, 0.3) is 0 Å². The maximum Gasteiger partial charge on any atom is 0.133 e. The molecule has 4 heteroatoms. The summed E-state index contributed by atoms with van der Waals surface area (Å²) in [5.74, 6) is 0.851. The van der Waals surface area contributed by atoms with Crippen LogP contribution in [-0.4, -0.2) is 13.7 Å². The lowest BCUT2D eigenvalue weighted by Gasteiger charge is -2.07. The summed E-state index contributed by atoms with van der Waals surface area (Å²) in [7, 11) is 1.66. The van der Waals surface area contributed by atoms with Crippen molar-refractivity contribution in [3.8, 4) is 5.75 Å². The summed E-state index contributed by atoms with van der Waals surface area (Å²) in [5.41, 5.74) is 1.21. The SMILES string of the molecule is C=C(Br)CNCc1ccc(OC)c(Br)c1. The second-order valence-corrected chi connectivity index (χ2v) is 5.07. The molecular weight excluding hydrogens is 322 g/mol. The molecule has 0 heterocycles. The number of nitrogens with one attached hydrogen (secondary N) is 1. The van der Waals surface area contributed by atoms with Crippen molar-refractivity contribution >= 4 is 31.9 Å².